The first-order valence-corrected chi connectivity index (χ1v) is 5.91. The molecule has 1 rings (SSSR count). The van der Waals surface area contributed by atoms with Crippen molar-refractivity contribution < 1.29 is 9.90 Å². The molecule has 0 bridgehead atoms. The third kappa shape index (κ3) is 4.05. The van der Waals surface area contributed by atoms with Gasteiger partial charge in [-0.25, -0.2) is 0 Å². The highest BCUT2D eigenvalue weighted by Gasteiger charge is 2.14. The minimum atomic E-state index is -0.707. The lowest BCUT2D eigenvalue weighted by Gasteiger charge is -2.15. The largest absolute Gasteiger partial charge is 0.481 e. The predicted octanol–water partition coefficient (Wildman–Crippen LogP) is 3.74. The van der Waals surface area contributed by atoms with Gasteiger partial charge in [-0.05, 0) is 24.8 Å². The Hall–Kier alpha value is -1.31. The molecule has 1 aromatic carbocycles. The average Bonchev–Trinajstić information content (AvgIpc) is 2.25. The number of aliphatic carboxylic acids is 1. The highest BCUT2D eigenvalue weighted by molar-refractivity contribution is 5.68. The van der Waals surface area contributed by atoms with Crippen LogP contribution in [-0.4, -0.2) is 11.1 Å². The molecule has 0 aliphatic rings. The van der Waals surface area contributed by atoms with E-state index >= 15 is 0 Å². The SMILES string of the molecule is CCCCC(CC(=O)O)c1ccc(C)cc1. The summed E-state index contributed by atoms with van der Waals surface area (Å²) >= 11 is 0. The summed E-state index contributed by atoms with van der Waals surface area (Å²) in [5.74, 6) is -0.542. The van der Waals surface area contributed by atoms with Gasteiger partial charge in [-0.2, -0.15) is 0 Å². The number of benzene rings is 1. The Morgan fingerprint density at radius 3 is 2.44 bits per heavy atom. The molecule has 2 heteroatoms. The molecular weight excluding hydrogens is 200 g/mol. The Morgan fingerprint density at radius 1 is 1.31 bits per heavy atom. The van der Waals surface area contributed by atoms with Crippen molar-refractivity contribution >= 4 is 5.97 Å². The van der Waals surface area contributed by atoms with E-state index in [4.69, 9.17) is 5.11 Å². The fourth-order valence-corrected chi connectivity index (χ4v) is 1.89. The molecule has 2 nitrogen and oxygen atoms in total. The van der Waals surface area contributed by atoms with Crippen molar-refractivity contribution in [3.8, 4) is 0 Å². The summed E-state index contributed by atoms with van der Waals surface area (Å²) in [7, 11) is 0. The van der Waals surface area contributed by atoms with Crippen molar-refractivity contribution in [3.05, 3.63) is 35.4 Å². The molecule has 0 aliphatic carbocycles. The summed E-state index contributed by atoms with van der Waals surface area (Å²) in [5.41, 5.74) is 2.37. The first kappa shape index (κ1) is 12.8. The fourth-order valence-electron chi connectivity index (χ4n) is 1.89. The van der Waals surface area contributed by atoms with Crippen LogP contribution in [-0.2, 0) is 4.79 Å². The van der Waals surface area contributed by atoms with Crippen molar-refractivity contribution in [2.75, 3.05) is 0 Å². The average molecular weight is 220 g/mol. The third-order valence-electron chi connectivity index (χ3n) is 2.88. The minimum Gasteiger partial charge on any atom is -0.481 e. The summed E-state index contributed by atoms with van der Waals surface area (Å²) in [5, 5.41) is 8.90. The molecule has 0 heterocycles. The Bertz CT molecular complexity index is 327. The second-order valence-electron chi connectivity index (χ2n) is 4.35. The van der Waals surface area contributed by atoms with Crippen molar-refractivity contribution in [2.45, 2.75) is 45.4 Å². The van der Waals surface area contributed by atoms with Crippen LogP contribution in [0.1, 0.15) is 49.7 Å². The van der Waals surface area contributed by atoms with Crippen LogP contribution in [0.15, 0.2) is 24.3 Å². The summed E-state index contributed by atoms with van der Waals surface area (Å²) in [4.78, 5) is 10.8. The number of carbonyl (C=O) groups is 1. The monoisotopic (exact) mass is 220 g/mol. The van der Waals surface area contributed by atoms with E-state index in [0.29, 0.717) is 0 Å². The van der Waals surface area contributed by atoms with E-state index in [1.807, 2.05) is 6.92 Å². The van der Waals surface area contributed by atoms with Crippen molar-refractivity contribution in [2.24, 2.45) is 0 Å². The minimum absolute atomic E-state index is 0.165. The lowest BCUT2D eigenvalue weighted by Crippen LogP contribution is -2.06. The van der Waals surface area contributed by atoms with E-state index in [2.05, 4.69) is 31.2 Å². The van der Waals surface area contributed by atoms with Gasteiger partial charge < -0.3 is 5.11 Å². The maximum Gasteiger partial charge on any atom is 0.303 e. The van der Waals surface area contributed by atoms with Crippen molar-refractivity contribution in [1.29, 1.82) is 0 Å². The van der Waals surface area contributed by atoms with E-state index < -0.39 is 5.97 Å². The Labute approximate surface area is 97.3 Å². The summed E-state index contributed by atoms with van der Waals surface area (Å²) in [6, 6.07) is 8.21. The number of unbranched alkanes of at least 4 members (excludes halogenated alkanes) is 1. The van der Waals surface area contributed by atoms with Gasteiger partial charge in [0.25, 0.3) is 0 Å². The molecule has 0 spiro atoms. The van der Waals surface area contributed by atoms with E-state index in [1.165, 1.54) is 5.56 Å². The molecule has 0 saturated heterocycles. The van der Waals surface area contributed by atoms with E-state index in [9.17, 15) is 4.79 Å². The molecule has 0 aliphatic heterocycles. The lowest BCUT2D eigenvalue weighted by atomic mass is 9.90. The Balaban J connectivity index is 2.74. The number of rotatable bonds is 6. The second kappa shape index (κ2) is 6.31. The zero-order valence-corrected chi connectivity index (χ0v) is 10.1. The van der Waals surface area contributed by atoms with Crippen LogP contribution in [0.4, 0.5) is 0 Å². The molecule has 0 radical (unpaired) electrons. The smallest absolute Gasteiger partial charge is 0.303 e. The van der Waals surface area contributed by atoms with Gasteiger partial charge in [-0.1, -0.05) is 49.6 Å². The van der Waals surface area contributed by atoms with Crippen molar-refractivity contribution in [1.82, 2.24) is 0 Å². The second-order valence-corrected chi connectivity index (χ2v) is 4.35. The van der Waals surface area contributed by atoms with Crippen LogP contribution < -0.4 is 0 Å². The number of hydrogen-bond acceptors (Lipinski definition) is 1. The van der Waals surface area contributed by atoms with E-state index in [1.54, 1.807) is 0 Å². The zero-order chi connectivity index (χ0) is 12.0. The topological polar surface area (TPSA) is 37.3 Å². The molecule has 1 aromatic rings. The molecular formula is C14H20O2. The van der Waals surface area contributed by atoms with Gasteiger partial charge in [0.1, 0.15) is 0 Å². The van der Waals surface area contributed by atoms with E-state index in [0.717, 1.165) is 24.8 Å². The zero-order valence-electron chi connectivity index (χ0n) is 10.1. The Morgan fingerprint density at radius 2 is 1.94 bits per heavy atom. The van der Waals surface area contributed by atoms with Gasteiger partial charge in [0, 0.05) is 0 Å². The molecule has 0 amide bonds. The van der Waals surface area contributed by atoms with E-state index in [-0.39, 0.29) is 12.3 Å². The van der Waals surface area contributed by atoms with Crippen LogP contribution in [0.3, 0.4) is 0 Å². The maximum absolute atomic E-state index is 10.8. The quantitative estimate of drug-likeness (QED) is 0.792. The van der Waals surface area contributed by atoms with Gasteiger partial charge in [0.05, 0.1) is 6.42 Å². The Kier molecular flexibility index (Phi) is 5.03. The molecule has 1 unspecified atom stereocenters. The van der Waals surface area contributed by atoms with Crippen LogP contribution >= 0.6 is 0 Å². The first-order chi connectivity index (χ1) is 7.63. The summed E-state index contributed by atoms with van der Waals surface area (Å²) in [6.45, 7) is 4.18. The van der Waals surface area contributed by atoms with Gasteiger partial charge >= 0.3 is 5.97 Å². The standard InChI is InChI=1S/C14H20O2/c1-3-4-5-13(10-14(15)16)12-8-6-11(2)7-9-12/h6-9,13H,3-5,10H2,1-2H3,(H,15,16). The van der Waals surface area contributed by atoms with Gasteiger partial charge in [-0.15, -0.1) is 0 Å². The number of carboxylic acid groups (broad SMARTS) is 1. The van der Waals surface area contributed by atoms with Crippen LogP contribution in [0.25, 0.3) is 0 Å². The van der Waals surface area contributed by atoms with Gasteiger partial charge in [-0.3, -0.25) is 4.79 Å². The highest BCUT2D eigenvalue weighted by Crippen LogP contribution is 2.25. The molecule has 0 aromatic heterocycles. The van der Waals surface area contributed by atoms with Crippen molar-refractivity contribution in [3.63, 3.8) is 0 Å². The highest BCUT2D eigenvalue weighted by atomic mass is 16.4. The van der Waals surface area contributed by atoms with Gasteiger partial charge in [0.15, 0.2) is 0 Å². The molecule has 1 N–H and O–H groups in total. The van der Waals surface area contributed by atoms with Crippen LogP contribution in [0, 0.1) is 6.92 Å². The maximum atomic E-state index is 10.8. The first-order valence-electron chi connectivity index (χ1n) is 5.91. The number of hydrogen-bond donors (Lipinski definition) is 1. The normalized spacial score (nSPS) is 12.4. The third-order valence-corrected chi connectivity index (χ3v) is 2.88. The van der Waals surface area contributed by atoms with Crippen LogP contribution in [0.2, 0.25) is 0 Å². The number of aryl methyl sites for hydroxylation is 1. The fraction of sp³-hybridized carbons (Fsp3) is 0.500. The molecule has 0 fully saturated rings. The molecule has 0 saturated carbocycles. The molecule has 88 valence electrons. The predicted molar refractivity (Wildman–Crippen MR) is 65.7 cm³/mol. The number of carboxylic acids is 1. The molecule has 1 atom stereocenters. The lowest BCUT2D eigenvalue weighted by molar-refractivity contribution is -0.137. The molecule has 16 heavy (non-hydrogen) atoms. The van der Waals surface area contributed by atoms with Gasteiger partial charge in [0.2, 0.25) is 0 Å². The summed E-state index contributed by atoms with van der Waals surface area (Å²) < 4.78 is 0. The summed E-state index contributed by atoms with van der Waals surface area (Å²) in [6.07, 6.45) is 3.41. The van der Waals surface area contributed by atoms with Crippen LogP contribution in [0.5, 0.6) is 0 Å².